The lowest BCUT2D eigenvalue weighted by atomic mass is 9.88. The minimum atomic E-state index is -0.604. The second kappa shape index (κ2) is 4.89. The van der Waals surface area contributed by atoms with Gasteiger partial charge in [0.15, 0.2) is 0 Å². The Balaban J connectivity index is 2.57. The van der Waals surface area contributed by atoms with Crippen LogP contribution in [0.5, 0.6) is 11.5 Å². The van der Waals surface area contributed by atoms with Gasteiger partial charge in [-0.05, 0) is 44.9 Å². The summed E-state index contributed by atoms with van der Waals surface area (Å²) >= 11 is 0. The number of benzene rings is 1. The standard InChI is InChI=1S/C16H22O3/c1-6-11-8-15(17)16(3,4)19-14-7-10(2)13(18-5)9-12(11)14/h6-7,9,11,15,17H,1,8H2,2-5H3/t11-,15-/m0/s1. The summed E-state index contributed by atoms with van der Waals surface area (Å²) in [6.07, 6.45) is 1.94. The molecule has 1 heterocycles. The number of aryl methyl sites for hydroxylation is 1. The zero-order valence-electron chi connectivity index (χ0n) is 12.1. The quantitative estimate of drug-likeness (QED) is 0.832. The fourth-order valence-corrected chi connectivity index (χ4v) is 2.50. The van der Waals surface area contributed by atoms with E-state index in [4.69, 9.17) is 9.47 Å². The summed E-state index contributed by atoms with van der Waals surface area (Å²) in [6, 6.07) is 3.97. The van der Waals surface area contributed by atoms with Gasteiger partial charge in [0.2, 0.25) is 0 Å². The number of ether oxygens (including phenoxy) is 2. The molecule has 1 aliphatic rings. The highest BCUT2D eigenvalue weighted by Crippen LogP contribution is 2.42. The first-order valence-corrected chi connectivity index (χ1v) is 6.57. The molecule has 0 spiro atoms. The molecule has 0 radical (unpaired) electrons. The Hall–Kier alpha value is -1.48. The third-order valence-corrected chi connectivity index (χ3v) is 3.86. The smallest absolute Gasteiger partial charge is 0.129 e. The van der Waals surface area contributed by atoms with E-state index in [1.54, 1.807) is 7.11 Å². The monoisotopic (exact) mass is 262 g/mol. The first-order valence-electron chi connectivity index (χ1n) is 6.57. The predicted molar refractivity (Wildman–Crippen MR) is 76.0 cm³/mol. The van der Waals surface area contributed by atoms with Crippen molar-refractivity contribution in [1.29, 1.82) is 0 Å². The van der Waals surface area contributed by atoms with E-state index in [2.05, 4.69) is 6.58 Å². The molecule has 1 N–H and O–H groups in total. The van der Waals surface area contributed by atoms with Gasteiger partial charge < -0.3 is 14.6 Å². The molecule has 104 valence electrons. The third-order valence-electron chi connectivity index (χ3n) is 3.86. The largest absolute Gasteiger partial charge is 0.496 e. The second-order valence-electron chi connectivity index (χ2n) is 5.66. The van der Waals surface area contributed by atoms with Crippen LogP contribution in [0.2, 0.25) is 0 Å². The average Bonchev–Trinajstić information content (AvgIpc) is 2.44. The molecule has 2 atom stereocenters. The molecule has 1 aliphatic heterocycles. The van der Waals surface area contributed by atoms with Crippen LogP contribution in [0.4, 0.5) is 0 Å². The Kier molecular flexibility index (Phi) is 3.59. The van der Waals surface area contributed by atoms with E-state index < -0.39 is 11.7 Å². The molecule has 0 saturated carbocycles. The van der Waals surface area contributed by atoms with E-state index in [-0.39, 0.29) is 5.92 Å². The summed E-state index contributed by atoms with van der Waals surface area (Å²) in [5.74, 6) is 1.72. The molecule has 0 amide bonds. The van der Waals surface area contributed by atoms with Gasteiger partial charge in [-0.15, -0.1) is 6.58 Å². The van der Waals surface area contributed by atoms with Crippen molar-refractivity contribution in [3.8, 4) is 11.5 Å². The summed E-state index contributed by atoms with van der Waals surface area (Å²) in [4.78, 5) is 0. The maximum absolute atomic E-state index is 10.3. The highest BCUT2D eigenvalue weighted by atomic mass is 16.5. The van der Waals surface area contributed by atoms with Crippen LogP contribution >= 0.6 is 0 Å². The number of fused-ring (bicyclic) bond motifs is 1. The summed E-state index contributed by atoms with van der Waals surface area (Å²) in [5.41, 5.74) is 1.45. The second-order valence-corrected chi connectivity index (χ2v) is 5.66. The Morgan fingerprint density at radius 1 is 1.47 bits per heavy atom. The van der Waals surface area contributed by atoms with Crippen molar-refractivity contribution in [2.24, 2.45) is 0 Å². The molecular formula is C16H22O3. The topological polar surface area (TPSA) is 38.7 Å². The van der Waals surface area contributed by atoms with Crippen molar-refractivity contribution in [2.45, 2.75) is 44.8 Å². The first-order chi connectivity index (χ1) is 8.89. The fourth-order valence-electron chi connectivity index (χ4n) is 2.50. The summed E-state index contributed by atoms with van der Waals surface area (Å²) in [6.45, 7) is 9.68. The number of methoxy groups -OCH3 is 1. The van der Waals surface area contributed by atoms with Gasteiger partial charge in [0.1, 0.15) is 17.1 Å². The Morgan fingerprint density at radius 2 is 2.16 bits per heavy atom. The van der Waals surface area contributed by atoms with Crippen molar-refractivity contribution >= 4 is 0 Å². The molecule has 0 saturated heterocycles. The van der Waals surface area contributed by atoms with Crippen LogP contribution in [0.15, 0.2) is 24.8 Å². The summed E-state index contributed by atoms with van der Waals surface area (Å²) in [7, 11) is 1.66. The molecule has 1 aromatic carbocycles. The van der Waals surface area contributed by atoms with Crippen LogP contribution in [-0.2, 0) is 0 Å². The average molecular weight is 262 g/mol. The highest BCUT2D eigenvalue weighted by molar-refractivity contribution is 5.49. The lowest BCUT2D eigenvalue weighted by Gasteiger charge is -2.29. The predicted octanol–water partition coefficient (Wildman–Crippen LogP) is 3.20. The number of allylic oxidation sites excluding steroid dienone is 1. The molecule has 0 aromatic heterocycles. The molecule has 0 unspecified atom stereocenters. The number of aliphatic hydroxyl groups excluding tert-OH is 1. The van der Waals surface area contributed by atoms with Crippen molar-refractivity contribution < 1.29 is 14.6 Å². The van der Waals surface area contributed by atoms with Crippen molar-refractivity contribution in [3.63, 3.8) is 0 Å². The SMILES string of the molecule is C=C[C@H]1C[C@H](O)C(C)(C)Oc2cc(C)c(OC)cc21. The van der Waals surface area contributed by atoms with Crippen molar-refractivity contribution in [1.82, 2.24) is 0 Å². The van der Waals surface area contributed by atoms with Gasteiger partial charge in [0.25, 0.3) is 0 Å². The lowest BCUT2D eigenvalue weighted by Crippen LogP contribution is -2.41. The van der Waals surface area contributed by atoms with E-state index in [9.17, 15) is 5.11 Å². The molecule has 0 fully saturated rings. The van der Waals surface area contributed by atoms with Crippen LogP contribution in [0, 0.1) is 6.92 Å². The Labute approximate surface area is 114 Å². The number of aliphatic hydroxyl groups is 1. The normalized spacial score (nSPS) is 24.9. The number of rotatable bonds is 2. The molecule has 2 rings (SSSR count). The lowest BCUT2D eigenvalue weighted by molar-refractivity contribution is -0.0273. The van der Waals surface area contributed by atoms with Crippen LogP contribution in [0.3, 0.4) is 0 Å². The van der Waals surface area contributed by atoms with Crippen molar-refractivity contribution in [2.75, 3.05) is 7.11 Å². The molecule has 1 aromatic rings. The number of hydrogen-bond acceptors (Lipinski definition) is 3. The van der Waals surface area contributed by atoms with Crippen LogP contribution in [0.1, 0.15) is 37.3 Å². The van der Waals surface area contributed by atoms with E-state index in [0.717, 1.165) is 22.6 Å². The van der Waals surface area contributed by atoms with Crippen molar-refractivity contribution in [3.05, 3.63) is 35.9 Å². The number of hydrogen-bond donors (Lipinski definition) is 1. The molecule has 3 heteroatoms. The summed E-state index contributed by atoms with van der Waals surface area (Å²) < 4.78 is 11.4. The maximum Gasteiger partial charge on any atom is 0.129 e. The van der Waals surface area contributed by atoms with Gasteiger partial charge in [-0.3, -0.25) is 0 Å². The van der Waals surface area contributed by atoms with Gasteiger partial charge in [-0.2, -0.15) is 0 Å². The van der Waals surface area contributed by atoms with E-state index >= 15 is 0 Å². The highest BCUT2D eigenvalue weighted by Gasteiger charge is 2.36. The van der Waals surface area contributed by atoms with Gasteiger partial charge in [0.05, 0.1) is 13.2 Å². The Bertz CT molecular complexity index is 491. The van der Waals surface area contributed by atoms with Crippen LogP contribution < -0.4 is 9.47 Å². The first kappa shape index (κ1) is 13.9. The van der Waals surface area contributed by atoms with E-state index in [1.165, 1.54) is 0 Å². The van der Waals surface area contributed by atoms with E-state index in [0.29, 0.717) is 6.42 Å². The van der Waals surface area contributed by atoms with Gasteiger partial charge in [-0.1, -0.05) is 6.08 Å². The molecule has 0 aliphatic carbocycles. The summed E-state index contributed by atoms with van der Waals surface area (Å²) in [5, 5.41) is 10.3. The van der Waals surface area contributed by atoms with Crippen LogP contribution in [0.25, 0.3) is 0 Å². The minimum Gasteiger partial charge on any atom is -0.496 e. The molecular weight excluding hydrogens is 240 g/mol. The van der Waals surface area contributed by atoms with Gasteiger partial charge >= 0.3 is 0 Å². The zero-order chi connectivity index (χ0) is 14.2. The molecule has 0 bridgehead atoms. The maximum atomic E-state index is 10.3. The zero-order valence-corrected chi connectivity index (χ0v) is 12.1. The van der Waals surface area contributed by atoms with Gasteiger partial charge in [-0.25, -0.2) is 0 Å². The molecule has 19 heavy (non-hydrogen) atoms. The minimum absolute atomic E-state index is 0.0706. The van der Waals surface area contributed by atoms with Crippen LogP contribution in [-0.4, -0.2) is 23.9 Å². The molecule has 3 nitrogen and oxygen atoms in total. The Morgan fingerprint density at radius 3 is 2.74 bits per heavy atom. The van der Waals surface area contributed by atoms with Gasteiger partial charge in [0, 0.05) is 11.5 Å². The van der Waals surface area contributed by atoms with E-state index in [1.807, 2.05) is 39.0 Å². The third kappa shape index (κ3) is 2.47. The fraction of sp³-hybridized carbons (Fsp3) is 0.500.